The predicted molar refractivity (Wildman–Crippen MR) is 135 cm³/mol. The fourth-order valence-electron chi connectivity index (χ4n) is 4.90. The third-order valence-electron chi connectivity index (χ3n) is 6.65. The predicted octanol–water partition coefficient (Wildman–Crippen LogP) is 4.42. The van der Waals surface area contributed by atoms with Gasteiger partial charge < -0.3 is 28.4 Å². The number of imidazole rings is 1. The van der Waals surface area contributed by atoms with E-state index in [0.29, 0.717) is 50.8 Å². The van der Waals surface area contributed by atoms with Crippen LogP contribution in [0.2, 0.25) is 0 Å². The lowest BCUT2D eigenvalue weighted by Crippen LogP contribution is -2.25. The number of ether oxygens (including phenoxy) is 4. The van der Waals surface area contributed by atoms with Crippen LogP contribution in [0.25, 0.3) is 11.0 Å². The molecule has 2 aliphatic rings. The monoisotopic (exact) mass is 485 g/mol. The molecule has 6 rings (SSSR count). The minimum Gasteiger partial charge on any atom is -0.497 e. The zero-order chi connectivity index (χ0) is 24.5. The van der Waals surface area contributed by atoms with E-state index in [-0.39, 0.29) is 11.8 Å². The molecule has 3 aromatic carbocycles. The number of anilines is 1. The molecule has 1 amide bonds. The molecule has 1 unspecified atom stereocenters. The number of nitrogens with zero attached hydrogens (tertiary/aromatic N) is 3. The topological polar surface area (TPSA) is 75.1 Å². The standard InChI is InChI=1S/C28H27N3O5/c1-33-21-7-9-22(10-8-21)34-13-12-30-24-5-3-2-4-23(24)29-28(30)19-16-27(32)31(18-19)20-6-11-25-26(17-20)36-15-14-35-25/h2-11,17,19H,12-16,18H2,1H3. The van der Waals surface area contributed by atoms with Crippen LogP contribution in [0, 0.1) is 0 Å². The summed E-state index contributed by atoms with van der Waals surface area (Å²) in [5.74, 6) is 3.91. The summed E-state index contributed by atoms with van der Waals surface area (Å²) in [5.41, 5.74) is 2.77. The van der Waals surface area contributed by atoms with E-state index in [1.807, 2.05) is 65.6 Å². The van der Waals surface area contributed by atoms with Crippen molar-refractivity contribution in [3.8, 4) is 23.0 Å². The summed E-state index contributed by atoms with van der Waals surface area (Å²) in [6, 6.07) is 21.3. The lowest BCUT2D eigenvalue weighted by Gasteiger charge is -2.22. The fourth-order valence-corrected chi connectivity index (χ4v) is 4.90. The summed E-state index contributed by atoms with van der Waals surface area (Å²) in [6.07, 6.45) is 0.400. The van der Waals surface area contributed by atoms with Crippen LogP contribution < -0.4 is 23.8 Å². The van der Waals surface area contributed by atoms with Gasteiger partial charge in [-0.3, -0.25) is 4.79 Å². The summed E-state index contributed by atoms with van der Waals surface area (Å²) in [5, 5.41) is 0. The maximum Gasteiger partial charge on any atom is 0.227 e. The average molecular weight is 486 g/mol. The van der Waals surface area contributed by atoms with Crippen LogP contribution in [0.4, 0.5) is 5.69 Å². The average Bonchev–Trinajstić information content (AvgIpc) is 3.49. The molecule has 0 bridgehead atoms. The molecule has 0 saturated carbocycles. The Hall–Kier alpha value is -4.20. The van der Waals surface area contributed by atoms with E-state index >= 15 is 0 Å². The van der Waals surface area contributed by atoms with E-state index in [9.17, 15) is 4.79 Å². The van der Waals surface area contributed by atoms with Crippen LogP contribution in [0.1, 0.15) is 18.2 Å². The van der Waals surface area contributed by atoms with E-state index in [4.69, 9.17) is 23.9 Å². The Morgan fingerprint density at radius 3 is 2.58 bits per heavy atom. The highest BCUT2D eigenvalue weighted by Gasteiger charge is 2.35. The second kappa shape index (κ2) is 9.45. The number of benzene rings is 3. The first-order chi connectivity index (χ1) is 17.7. The van der Waals surface area contributed by atoms with Crippen LogP contribution in [0.5, 0.6) is 23.0 Å². The van der Waals surface area contributed by atoms with Gasteiger partial charge in [0.05, 0.1) is 24.7 Å². The smallest absolute Gasteiger partial charge is 0.227 e. The second-order valence-corrected chi connectivity index (χ2v) is 8.87. The van der Waals surface area contributed by atoms with Gasteiger partial charge in [-0.05, 0) is 48.5 Å². The van der Waals surface area contributed by atoms with Crippen molar-refractivity contribution in [1.29, 1.82) is 0 Å². The van der Waals surface area contributed by atoms with Gasteiger partial charge in [-0.2, -0.15) is 0 Å². The Morgan fingerprint density at radius 2 is 1.75 bits per heavy atom. The summed E-state index contributed by atoms with van der Waals surface area (Å²) in [4.78, 5) is 19.8. The van der Waals surface area contributed by atoms with Crippen LogP contribution in [0.15, 0.2) is 66.7 Å². The maximum absolute atomic E-state index is 13.1. The largest absolute Gasteiger partial charge is 0.497 e. The van der Waals surface area contributed by atoms with Crippen molar-refractivity contribution in [3.63, 3.8) is 0 Å². The number of rotatable bonds is 7. The van der Waals surface area contributed by atoms with Crippen molar-refractivity contribution >= 4 is 22.6 Å². The molecule has 1 saturated heterocycles. The van der Waals surface area contributed by atoms with Gasteiger partial charge in [0.15, 0.2) is 11.5 Å². The van der Waals surface area contributed by atoms with Gasteiger partial charge >= 0.3 is 0 Å². The first-order valence-corrected chi connectivity index (χ1v) is 12.1. The molecule has 1 aromatic heterocycles. The lowest BCUT2D eigenvalue weighted by atomic mass is 10.1. The Kier molecular flexibility index (Phi) is 5.85. The molecule has 0 N–H and O–H groups in total. The van der Waals surface area contributed by atoms with E-state index < -0.39 is 0 Å². The van der Waals surface area contributed by atoms with Crippen LogP contribution in [-0.2, 0) is 11.3 Å². The van der Waals surface area contributed by atoms with Crippen molar-refractivity contribution in [1.82, 2.24) is 9.55 Å². The van der Waals surface area contributed by atoms with Crippen LogP contribution >= 0.6 is 0 Å². The molecule has 2 aliphatic heterocycles. The van der Waals surface area contributed by atoms with Gasteiger partial charge in [-0.25, -0.2) is 4.98 Å². The Bertz CT molecular complexity index is 1400. The van der Waals surface area contributed by atoms with E-state index in [1.54, 1.807) is 7.11 Å². The molecule has 1 fully saturated rings. The molecule has 4 aromatic rings. The highest BCUT2D eigenvalue weighted by molar-refractivity contribution is 5.97. The van der Waals surface area contributed by atoms with E-state index in [0.717, 1.165) is 34.0 Å². The Balaban J connectivity index is 1.23. The van der Waals surface area contributed by atoms with E-state index in [1.165, 1.54) is 0 Å². The molecule has 0 spiro atoms. The molecule has 0 radical (unpaired) electrons. The molecule has 36 heavy (non-hydrogen) atoms. The highest BCUT2D eigenvalue weighted by Crippen LogP contribution is 2.38. The molecule has 8 heteroatoms. The lowest BCUT2D eigenvalue weighted by molar-refractivity contribution is -0.117. The number of carbonyl (C=O) groups excluding carboxylic acids is 1. The summed E-state index contributed by atoms with van der Waals surface area (Å²) < 4.78 is 24.8. The normalized spacial score (nSPS) is 17.0. The number of hydrogen-bond donors (Lipinski definition) is 0. The first kappa shape index (κ1) is 22.3. The summed E-state index contributed by atoms with van der Waals surface area (Å²) in [6.45, 7) is 2.70. The first-order valence-electron chi connectivity index (χ1n) is 12.1. The Labute approximate surface area is 209 Å². The van der Waals surface area contributed by atoms with Crippen molar-refractivity contribution in [2.45, 2.75) is 18.9 Å². The zero-order valence-electron chi connectivity index (χ0n) is 20.1. The number of aromatic nitrogens is 2. The number of methoxy groups -OCH3 is 1. The number of fused-ring (bicyclic) bond motifs is 2. The zero-order valence-corrected chi connectivity index (χ0v) is 20.1. The van der Waals surface area contributed by atoms with Gasteiger partial charge in [0.2, 0.25) is 5.91 Å². The van der Waals surface area contributed by atoms with Gasteiger partial charge in [0.1, 0.15) is 37.1 Å². The minimum atomic E-state index is -0.0286. The third kappa shape index (κ3) is 4.19. The minimum absolute atomic E-state index is 0.0286. The molecule has 8 nitrogen and oxygen atoms in total. The molecular formula is C28H27N3O5. The SMILES string of the molecule is COc1ccc(OCCn2c(C3CC(=O)N(c4ccc5c(c4)OCCO5)C3)nc3ccccc32)cc1. The van der Waals surface area contributed by atoms with Crippen LogP contribution in [-0.4, -0.2) is 48.9 Å². The van der Waals surface area contributed by atoms with Gasteiger partial charge in [-0.1, -0.05) is 12.1 Å². The summed E-state index contributed by atoms with van der Waals surface area (Å²) in [7, 11) is 1.64. The third-order valence-corrected chi connectivity index (χ3v) is 6.65. The quantitative estimate of drug-likeness (QED) is 0.386. The molecule has 0 aliphatic carbocycles. The molecule has 1 atom stereocenters. The molecular weight excluding hydrogens is 458 g/mol. The summed E-state index contributed by atoms with van der Waals surface area (Å²) >= 11 is 0. The maximum atomic E-state index is 13.1. The van der Waals surface area contributed by atoms with Crippen molar-refractivity contribution in [2.75, 3.05) is 38.4 Å². The number of amides is 1. The fraction of sp³-hybridized carbons (Fsp3) is 0.286. The van der Waals surface area contributed by atoms with Gasteiger partial charge in [-0.15, -0.1) is 0 Å². The van der Waals surface area contributed by atoms with E-state index in [2.05, 4.69) is 10.6 Å². The Morgan fingerprint density at radius 1 is 0.972 bits per heavy atom. The second-order valence-electron chi connectivity index (χ2n) is 8.87. The molecule has 3 heterocycles. The van der Waals surface area contributed by atoms with Crippen LogP contribution in [0.3, 0.4) is 0 Å². The highest BCUT2D eigenvalue weighted by atomic mass is 16.6. The number of carbonyl (C=O) groups is 1. The van der Waals surface area contributed by atoms with Crippen molar-refractivity contribution < 1.29 is 23.7 Å². The van der Waals surface area contributed by atoms with Crippen molar-refractivity contribution in [3.05, 3.63) is 72.6 Å². The van der Waals surface area contributed by atoms with Gasteiger partial charge in [0, 0.05) is 30.6 Å². The molecule has 184 valence electrons. The number of hydrogen-bond acceptors (Lipinski definition) is 6. The van der Waals surface area contributed by atoms with Crippen molar-refractivity contribution in [2.24, 2.45) is 0 Å². The van der Waals surface area contributed by atoms with Gasteiger partial charge in [0.25, 0.3) is 0 Å². The number of para-hydroxylation sites is 2.